The van der Waals surface area contributed by atoms with Crippen LogP contribution in [0.3, 0.4) is 0 Å². The Balaban J connectivity index is 1.53. The number of amides is 1. The summed E-state index contributed by atoms with van der Waals surface area (Å²) in [6.45, 7) is 6.42. The van der Waals surface area contributed by atoms with Gasteiger partial charge in [0.1, 0.15) is 21.8 Å². The number of carbonyl (C=O) groups excluding carboxylic acids is 1. The number of hydrogen-bond acceptors (Lipinski definition) is 4. The number of ether oxygens (including phenoxy) is 1. The Morgan fingerprint density at radius 3 is 2.76 bits per heavy atom. The van der Waals surface area contributed by atoms with Crippen LogP contribution in [0.2, 0.25) is 5.15 Å². The van der Waals surface area contributed by atoms with E-state index in [1.165, 1.54) is 0 Å². The van der Waals surface area contributed by atoms with Gasteiger partial charge < -0.3 is 9.64 Å². The summed E-state index contributed by atoms with van der Waals surface area (Å²) in [7, 11) is 0. The van der Waals surface area contributed by atoms with E-state index in [1.54, 1.807) is 6.07 Å². The average Bonchev–Trinajstić information content (AvgIpc) is 3.13. The molecule has 1 aliphatic heterocycles. The van der Waals surface area contributed by atoms with Gasteiger partial charge in [-0.15, -0.1) is 0 Å². The van der Waals surface area contributed by atoms with E-state index >= 15 is 0 Å². The van der Waals surface area contributed by atoms with Crippen LogP contribution in [0.15, 0.2) is 18.3 Å². The summed E-state index contributed by atoms with van der Waals surface area (Å²) in [6.07, 6.45) is 5.62. The maximum atomic E-state index is 12.5. The van der Waals surface area contributed by atoms with E-state index in [2.05, 4.69) is 10.1 Å². The van der Waals surface area contributed by atoms with Crippen molar-refractivity contribution in [1.29, 1.82) is 0 Å². The van der Waals surface area contributed by atoms with Gasteiger partial charge in [-0.3, -0.25) is 4.68 Å². The molecule has 4 rings (SSSR count). The third-order valence-electron chi connectivity index (χ3n) is 5.04. The topological polar surface area (TPSA) is 60.2 Å². The van der Waals surface area contributed by atoms with Crippen LogP contribution in [0.4, 0.5) is 4.79 Å². The highest BCUT2D eigenvalue weighted by Gasteiger charge is 2.54. The van der Waals surface area contributed by atoms with E-state index in [-0.39, 0.29) is 17.7 Å². The number of nitrogens with zero attached hydrogens (tertiary/aromatic N) is 4. The molecule has 0 radical (unpaired) electrons. The van der Waals surface area contributed by atoms with Gasteiger partial charge in [0.2, 0.25) is 0 Å². The minimum atomic E-state index is -0.464. The van der Waals surface area contributed by atoms with Gasteiger partial charge in [-0.05, 0) is 58.6 Å². The first kappa shape index (κ1) is 16.6. The van der Waals surface area contributed by atoms with Gasteiger partial charge in [0.15, 0.2) is 0 Å². The molecule has 0 bridgehead atoms. The number of carbonyl (C=O) groups is 1. The van der Waals surface area contributed by atoms with Gasteiger partial charge in [-0.25, -0.2) is 9.78 Å². The highest BCUT2D eigenvalue weighted by molar-refractivity contribution is 6.29. The minimum Gasteiger partial charge on any atom is -0.444 e. The Bertz CT molecular complexity index is 822. The second-order valence-electron chi connectivity index (χ2n) is 8.15. The largest absolute Gasteiger partial charge is 0.444 e. The van der Waals surface area contributed by atoms with Crippen LogP contribution in [0.25, 0.3) is 11.0 Å². The highest BCUT2D eigenvalue weighted by atomic mass is 35.5. The summed E-state index contributed by atoms with van der Waals surface area (Å²) in [5, 5.41) is 5.14. The van der Waals surface area contributed by atoms with E-state index < -0.39 is 5.60 Å². The number of fused-ring (bicyclic) bond motifs is 1. The Morgan fingerprint density at radius 1 is 1.32 bits per heavy atom. The molecule has 1 unspecified atom stereocenters. The first-order valence-electron chi connectivity index (χ1n) is 8.78. The number of hydrogen-bond donors (Lipinski definition) is 0. The van der Waals surface area contributed by atoms with E-state index in [0.29, 0.717) is 11.7 Å². The fourth-order valence-corrected chi connectivity index (χ4v) is 3.85. The molecular formula is C18H23ClN4O2. The van der Waals surface area contributed by atoms with Crippen molar-refractivity contribution in [3.05, 3.63) is 23.5 Å². The van der Waals surface area contributed by atoms with Crippen molar-refractivity contribution in [1.82, 2.24) is 19.7 Å². The molecule has 1 spiro atoms. The second-order valence-corrected chi connectivity index (χ2v) is 8.54. The zero-order valence-electron chi connectivity index (χ0n) is 14.8. The first-order valence-corrected chi connectivity index (χ1v) is 9.16. The number of likely N-dealkylation sites (tertiary alicyclic amines) is 1. The predicted molar refractivity (Wildman–Crippen MR) is 95.7 cm³/mol. The Morgan fingerprint density at radius 2 is 2.08 bits per heavy atom. The van der Waals surface area contributed by atoms with Crippen molar-refractivity contribution in [2.75, 3.05) is 6.54 Å². The van der Waals surface area contributed by atoms with E-state index in [9.17, 15) is 4.79 Å². The lowest BCUT2D eigenvalue weighted by Crippen LogP contribution is -2.50. The lowest BCUT2D eigenvalue weighted by molar-refractivity contribution is 0.0000152. The van der Waals surface area contributed by atoms with Crippen LogP contribution < -0.4 is 0 Å². The SMILES string of the molecule is CC(C)(C)OC(=O)N1CCC(n2cc3nc(Cl)ccc3n2)CC12CC2. The fourth-order valence-electron chi connectivity index (χ4n) is 3.70. The Labute approximate surface area is 152 Å². The summed E-state index contributed by atoms with van der Waals surface area (Å²) < 4.78 is 7.60. The second kappa shape index (κ2) is 5.59. The van der Waals surface area contributed by atoms with Crippen LogP contribution in [0.5, 0.6) is 0 Å². The van der Waals surface area contributed by atoms with Gasteiger partial charge >= 0.3 is 6.09 Å². The molecule has 3 heterocycles. The molecule has 134 valence electrons. The standard InChI is InChI=1S/C18H23ClN4O2/c1-17(2,3)25-16(24)22-9-6-12(10-18(22)7-8-18)23-11-14-13(21-23)4-5-15(19)20-14/h4-5,11-12H,6-10H2,1-3H3. The highest BCUT2D eigenvalue weighted by Crippen LogP contribution is 2.51. The van der Waals surface area contributed by atoms with Crippen molar-refractivity contribution in [2.24, 2.45) is 0 Å². The smallest absolute Gasteiger partial charge is 0.410 e. The number of pyridine rings is 1. The van der Waals surface area contributed by atoms with Gasteiger partial charge in [0.25, 0.3) is 0 Å². The molecule has 1 aliphatic carbocycles. The predicted octanol–water partition coefficient (Wildman–Crippen LogP) is 4.19. The number of piperidine rings is 1. The number of halogens is 1. The minimum absolute atomic E-state index is 0.0611. The normalized spacial score (nSPS) is 22.4. The number of aromatic nitrogens is 3. The molecule has 7 heteroatoms. The van der Waals surface area contributed by atoms with Crippen molar-refractivity contribution >= 4 is 28.7 Å². The molecule has 25 heavy (non-hydrogen) atoms. The molecule has 1 saturated carbocycles. The van der Waals surface area contributed by atoms with Gasteiger partial charge in [0.05, 0.1) is 12.2 Å². The zero-order chi connectivity index (χ0) is 17.8. The van der Waals surface area contributed by atoms with Crippen LogP contribution in [-0.4, -0.2) is 43.4 Å². The summed E-state index contributed by atoms with van der Waals surface area (Å²) in [5.74, 6) is 0. The van der Waals surface area contributed by atoms with Crippen LogP contribution >= 0.6 is 11.6 Å². The maximum Gasteiger partial charge on any atom is 0.410 e. The molecule has 1 atom stereocenters. The lowest BCUT2D eigenvalue weighted by atomic mass is 9.95. The molecule has 2 fully saturated rings. The van der Waals surface area contributed by atoms with Crippen molar-refractivity contribution in [3.63, 3.8) is 0 Å². The molecule has 1 saturated heterocycles. The molecule has 2 aromatic heterocycles. The molecule has 2 aromatic rings. The summed E-state index contributed by atoms with van der Waals surface area (Å²) in [4.78, 5) is 18.8. The Kier molecular flexibility index (Phi) is 3.72. The molecule has 0 aromatic carbocycles. The average molecular weight is 363 g/mol. The third-order valence-corrected chi connectivity index (χ3v) is 5.25. The van der Waals surface area contributed by atoms with Crippen molar-refractivity contribution < 1.29 is 9.53 Å². The molecule has 0 N–H and O–H groups in total. The van der Waals surface area contributed by atoms with Crippen molar-refractivity contribution in [2.45, 2.75) is 63.6 Å². The first-order chi connectivity index (χ1) is 11.8. The third kappa shape index (κ3) is 3.19. The summed E-state index contributed by atoms with van der Waals surface area (Å²) >= 11 is 5.97. The summed E-state index contributed by atoms with van der Waals surface area (Å²) in [5.41, 5.74) is 1.14. The monoisotopic (exact) mass is 362 g/mol. The quantitative estimate of drug-likeness (QED) is 0.714. The molecule has 6 nitrogen and oxygen atoms in total. The maximum absolute atomic E-state index is 12.5. The van der Waals surface area contributed by atoms with Crippen molar-refractivity contribution in [3.8, 4) is 0 Å². The van der Waals surface area contributed by atoms with E-state index in [0.717, 1.165) is 36.7 Å². The van der Waals surface area contributed by atoms with Crippen LogP contribution in [0, 0.1) is 0 Å². The van der Waals surface area contributed by atoms with Gasteiger partial charge in [0, 0.05) is 12.1 Å². The lowest BCUT2D eigenvalue weighted by Gasteiger charge is -2.40. The van der Waals surface area contributed by atoms with Crippen LogP contribution in [0.1, 0.15) is 52.5 Å². The fraction of sp³-hybridized carbons (Fsp3) is 0.611. The van der Waals surface area contributed by atoms with Gasteiger partial charge in [-0.2, -0.15) is 5.10 Å². The zero-order valence-corrected chi connectivity index (χ0v) is 15.6. The Hall–Kier alpha value is -1.82. The summed E-state index contributed by atoms with van der Waals surface area (Å²) in [6, 6.07) is 3.92. The van der Waals surface area contributed by atoms with E-state index in [1.807, 2.05) is 42.6 Å². The number of rotatable bonds is 1. The van der Waals surface area contributed by atoms with Gasteiger partial charge in [-0.1, -0.05) is 11.6 Å². The molecular weight excluding hydrogens is 340 g/mol. The molecule has 2 aliphatic rings. The van der Waals surface area contributed by atoms with Crippen LogP contribution in [-0.2, 0) is 4.74 Å². The molecule has 1 amide bonds. The van der Waals surface area contributed by atoms with E-state index in [4.69, 9.17) is 16.3 Å².